The molecule has 0 aromatic carbocycles. The Labute approximate surface area is 143 Å². The molecule has 0 spiro atoms. The second-order valence-corrected chi connectivity index (χ2v) is 6.84. The Morgan fingerprint density at radius 1 is 1.08 bits per heavy atom. The van der Waals surface area contributed by atoms with Crippen LogP contribution < -0.4 is 0 Å². The standard InChI is InChI=1S/C18H28N4O2/c1-2-20-8-5-15(6-9-20)14-17(23)21-10-12-22(13-11-21)18(24)16-4-3-7-19-16/h3-4,7,15,19H,2,5-6,8-14H2,1H3. The van der Waals surface area contributed by atoms with Crippen LogP contribution in [0.1, 0.15) is 36.7 Å². The van der Waals surface area contributed by atoms with E-state index in [2.05, 4.69) is 16.8 Å². The van der Waals surface area contributed by atoms with Crippen LogP contribution in [0.4, 0.5) is 0 Å². The van der Waals surface area contributed by atoms with Gasteiger partial charge in [0, 0.05) is 38.8 Å². The molecule has 0 bridgehead atoms. The van der Waals surface area contributed by atoms with Gasteiger partial charge >= 0.3 is 0 Å². The molecule has 1 N–H and O–H groups in total. The highest BCUT2D eigenvalue weighted by molar-refractivity contribution is 5.92. The molecule has 0 saturated carbocycles. The van der Waals surface area contributed by atoms with Crippen molar-refractivity contribution in [3.8, 4) is 0 Å². The van der Waals surface area contributed by atoms with Crippen LogP contribution in [0.15, 0.2) is 18.3 Å². The van der Waals surface area contributed by atoms with E-state index >= 15 is 0 Å². The lowest BCUT2D eigenvalue weighted by Gasteiger charge is -2.36. The van der Waals surface area contributed by atoms with Crippen molar-refractivity contribution in [3.63, 3.8) is 0 Å². The molecular formula is C18H28N4O2. The van der Waals surface area contributed by atoms with Crippen molar-refractivity contribution in [1.82, 2.24) is 19.7 Å². The van der Waals surface area contributed by atoms with Crippen LogP contribution in [0.25, 0.3) is 0 Å². The lowest BCUT2D eigenvalue weighted by atomic mass is 9.93. The summed E-state index contributed by atoms with van der Waals surface area (Å²) in [5, 5.41) is 0. The summed E-state index contributed by atoms with van der Waals surface area (Å²) in [6.07, 6.45) is 4.69. The molecule has 6 nitrogen and oxygen atoms in total. The number of likely N-dealkylation sites (tertiary alicyclic amines) is 1. The molecular weight excluding hydrogens is 304 g/mol. The number of carbonyl (C=O) groups is 2. The summed E-state index contributed by atoms with van der Waals surface area (Å²) >= 11 is 0. The van der Waals surface area contributed by atoms with Gasteiger partial charge in [-0.15, -0.1) is 0 Å². The van der Waals surface area contributed by atoms with E-state index in [1.807, 2.05) is 15.9 Å². The average molecular weight is 332 g/mol. The molecule has 2 aliphatic heterocycles. The van der Waals surface area contributed by atoms with Crippen molar-refractivity contribution in [2.75, 3.05) is 45.8 Å². The lowest BCUT2D eigenvalue weighted by molar-refractivity contribution is -0.134. The number of rotatable bonds is 4. The summed E-state index contributed by atoms with van der Waals surface area (Å²) < 4.78 is 0. The van der Waals surface area contributed by atoms with Crippen LogP contribution in [0, 0.1) is 5.92 Å². The number of amides is 2. The van der Waals surface area contributed by atoms with Crippen molar-refractivity contribution in [2.24, 2.45) is 5.92 Å². The van der Waals surface area contributed by atoms with Gasteiger partial charge < -0.3 is 19.7 Å². The quantitative estimate of drug-likeness (QED) is 0.907. The van der Waals surface area contributed by atoms with Gasteiger partial charge in [0.05, 0.1) is 0 Å². The molecule has 3 rings (SSSR count). The monoisotopic (exact) mass is 332 g/mol. The zero-order valence-corrected chi connectivity index (χ0v) is 14.5. The van der Waals surface area contributed by atoms with Crippen molar-refractivity contribution in [1.29, 1.82) is 0 Å². The normalized spacial score (nSPS) is 20.4. The zero-order valence-electron chi connectivity index (χ0n) is 14.5. The Morgan fingerprint density at radius 3 is 2.33 bits per heavy atom. The molecule has 1 aromatic rings. The van der Waals surface area contributed by atoms with Gasteiger partial charge in [-0.05, 0) is 50.5 Å². The number of piperazine rings is 1. The highest BCUT2D eigenvalue weighted by Crippen LogP contribution is 2.21. The summed E-state index contributed by atoms with van der Waals surface area (Å²) in [4.78, 5) is 34.0. The maximum Gasteiger partial charge on any atom is 0.270 e. The number of aromatic amines is 1. The molecule has 2 amide bonds. The molecule has 2 saturated heterocycles. The van der Waals surface area contributed by atoms with Gasteiger partial charge in [-0.3, -0.25) is 9.59 Å². The predicted octanol–water partition coefficient (Wildman–Crippen LogP) is 1.42. The molecule has 24 heavy (non-hydrogen) atoms. The number of nitrogens with one attached hydrogen (secondary N) is 1. The topological polar surface area (TPSA) is 59.7 Å². The van der Waals surface area contributed by atoms with Crippen molar-refractivity contribution in [3.05, 3.63) is 24.0 Å². The highest BCUT2D eigenvalue weighted by Gasteiger charge is 2.27. The fraction of sp³-hybridized carbons (Fsp3) is 0.667. The molecule has 3 heterocycles. The van der Waals surface area contributed by atoms with E-state index in [9.17, 15) is 9.59 Å². The van der Waals surface area contributed by atoms with Gasteiger partial charge in [0.1, 0.15) is 5.69 Å². The summed E-state index contributed by atoms with van der Waals surface area (Å²) in [7, 11) is 0. The SMILES string of the molecule is CCN1CCC(CC(=O)N2CCN(C(=O)c3ccc[nH]3)CC2)CC1. The van der Waals surface area contributed by atoms with Crippen molar-refractivity contribution in [2.45, 2.75) is 26.2 Å². The Balaban J connectivity index is 1.43. The summed E-state index contributed by atoms with van der Waals surface area (Å²) in [6, 6.07) is 3.62. The molecule has 0 radical (unpaired) electrons. The number of carbonyl (C=O) groups excluding carboxylic acids is 2. The molecule has 2 fully saturated rings. The predicted molar refractivity (Wildman–Crippen MR) is 92.7 cm³/mol. The number of hydrogen-bond acceptors (Lipinski definition) is 3. The van der Waals surface area contributed by atoms with Crippen LogP contribution in [-0.2, 0) is 4.79 Å². The largest absolute Gasteiger partial charge is 0.357 e. The number of aromatic nitrogens is 1. The van der Waals surface area contributed by atoms with Crippen LogP contribution in [-0.4, -0.2) is 77.3 Å². The fourth-order valence-corrected chi connectivity index (χ4v) is 3.68. The smallest absolute Gasteiger partial charge is 0.270 e. The lowest BCUT2D eigenvalue weighted by Crippen LogP contribution is -2.51. The molecule has 132 valence electrons. The minimum atomic E-state index is 0.0269. The molecule has 1 aromatic heterocycles. The van der Waals surface area contributed by atoms with E-state index in [1.54, 1.807) is 12.3 Å². The Kier molecular flexibility index (Phi) is 5.56. The van der Waals surface area contributed by atoms with Gasteiger partial charge in [0.2, 0.25) is 5.91 Å². The summed E-state index contributed by atoms with van der Waals surface area (Å²) in [5.74, 6) is 0.815. The first-order chi connectivity index (χ1) is 11.7. The maximum atomic E-state index is 12.5. The van der Waals surface area contributed by atoms with Gasteiger partial charge in [0.25, 0.3) is 5.91 Å². The molecule has 6 heteroatoms. The maximum absolute atomic E-state index is 12.5. The summed E-state index contributed by atoms with van der Waals surface area (Å²) in [6.45, 7) is 8.09. The number of H-pyrrole nitrogens is 1. The van der Waals surface area contributed by atoms with Crippen LogP contribution in [0.3, 0.4) is 0 Å². The molecule has 0 unspecified atom stereocenters. The van der Waals surface area contributed by atoms with Crippen molar-refractivity contribution >= 4 is 11.8 Å². The van der Waals surface area contributed by atoms with Crippen LogP contribution in [0.5, 0.6) is 0 Å². The minimum absolute atomic E-state index is 0.0269. The van der Waals surface area contributed by atoms with Gasteiger partial charge in [-0.2, -0.15) is 0 Å². The van der Waals surface area contributed by atoms with E-state index in [-0.39, 0.29) is 11.8 Å². The first kappa shape index (κ1) is 17.0. The Hall–Kier alpha value is -1.82. The molecule has 0 atom stereocenters. The van der Waals surface area contributed by atoms with E-state index in [0.717, 1.165) is 32.5 Å². The number of piperidine rings is 1. The van der Waals surface area contributed by atoms with Gasteiger partial charge in [-0.1, -0.05) is 6.92 Å². The van der Waals surface area contributed by atoms with Crippen LogP contribution >= 0.6 is 0 Å². The van der Waals surface area contributed by atoms with E-state index in [4.69, 9.17) is 0 Å². The number of hydrogen-bond donors (Lipinski definition) is 1. The third kappa shape index (κ3) is 3.98. The second kappa shape index (κ2) is 7.83. The minimum Gasteiger partial charge on any atom is -0.357 e. The third-order valence-electron chi connectivity index (χ3n) is 5.37. The zero-order chi connectivity index (χ0) is 16.9. The molecule has 2 aliphatic rings. The van der Waals surface area contributed by atoms with E-state index in [1.165, 1.54) is 0 Å². The van der Waals surface area contributed by atoms with E-state index < -0.39 is 0 Å². The second-order valence-electron chi connectivity index (χ2n) is 6.84. The fourth-order valence-electron chi connectivity index (χ4n) is 3.68. The number of nitrogens with zero attached hydrogens (tertiary/aromatic N) is 3. The Morgan fingerprint density at radius 2 is 1.75 bits per heavy atom. The molecule has 0 aliphatic carbocycles. The summed E-state index contributed by atoms with van der Waals surface area (Å²) in [5.41, 5.74) is 0.623. The van der Waals surface area contributed by atoms with Gasteiger partial charge in [-0.25, -0.2) is 0 Å². The third-order valence-corrected chi connectivity index (χ3v) is 5.37. The van der Waals surface area contributed by atoms with Crippen molar-refractivity contribution < 1.29 is 9.59 Å². The first-order valence-electron chi connectivity index (χ1n) is 9.10. The first-order valence-corrected chi connectivity index (χ1v) is 9.10. The highest BCUT2D eigenvalue weighted by atomic mass is 16.2. The average Bonchev–Trinajstić information content (AvgIpc) is 3.16. The van der Waals surface area contributed by atoms with Crippen LogP contribution in [0.2, 0.25) is 0 Å². The van der Waals surface area contributed by atoms with E-state index in [0.29, 0.717) is 44.2 Å². The Bertz CT molecular complexity index is 541. The van der Waals surface area contributed by atoms with Gasteiger partial charge in [0.15, 0.2) is 0 Å².